The Hall–Kier alpha value is -7.54. The Bertz CT molecular complexity index is 3590. The summed E-state index contributed by atoms with van der Waals surface area (Å²) in [5.41, 5.74) is 15.7. The van der Waals surface area contributed by atoms with Crippen LogP contribution in [0, 0.1) is 0 Å². The Morgan fingerprint density at radius 1 is 0.172 bits per heavy atom. The fourth-order valence-electron chi connectivity index (χ4n) is 11.0. The molecule has 0 heterocycles. The van der Waals surface area contributed by atoms with Gasteiger partial charge in [-0.1, -0.05) is 158 Å². The van der Waals surface area contributed by atoms with Gasteiger partial charge in [0.05, 0.1) is 0 Å². The number of fused-ring (bicyclic) bond motifs is 15. The number of rotatable bonds is 2. The predicted molar refractivity (Wildman–Crippen MR) is 249 cm³/mol. The zero-order valence-corrected chi connectivity index (χ0v) is 31.5. The maximum atomic E-state index is 2.46. The lowest BCUT2D eigenvalue weighted by Gasteiger charge is -2.16. The second-order valence-electron chi connectivity index (χ2n) is 16.3. The summed E-state index contributed by atoms with van der Waals surface area (Å²) in [6.45, 7) is 0. The Morgan fingerprint density at radius 2 is 0.500 bits per heavy atom. The van der Waals surface area contributed by atoms with Crippen molar-refractivity contribution in [2.75, 3.05) is 0 Å². The van der Waals surface area contributed by atoms with Crippen LogP contribution in [0.3, 0.4) is 0 Å². The summed E-state index contributed by atoms with van der Waals surface area (Å²) < 4.78 is 0. The highest BCUT2D eigenvalue weighted by molar-refractivity contribution is 6.30. The first kappa shape index (κ1) is 30.7. The third-order valence-corrected chi connectivity index (χ3v) is 13.5. The average Bonchev–Trinajstić information content (AvgIpc) is 3.79. The highest BCUT2D eigenvalue weighted by Gasteiger charge is 2.25. The molecule has 0 aromatic heterocycles. The Morgan fingerprint density at radius 3 is 0.948 bits per heavy atom. The molecule has 2 aliphatic carbocycles. The first-order chi connectivity index (χ1) is 28.8. The van der Waals surface area contributed by atoms with E-state index in [2.05, 4.69) is 194 Å². The van der Waals surface area contributed by atoms with Gasteiger partial charge in [0.1, 0.15) is 0 Å². The minimum Gasteiger partial charge on any atom is -0.0616 e. The standard InChI is InChI=1S/C58H32/c1-7-17-43-37(11-1)45-19-9-21-47-53-29-49(39-13-3-5-15-41(39)51(53)31-55(43)57(45)47)35-25-23-34-28-36(26-24-33(34)27-35)50-30-54-48-22-10-20-46-38-12-2-8-18-44(38)56(58(46)48)32-52(54)42-16-6-4-14-40(42)50/h1-32H. The SMILES string of the molecule is c1ccc2c(c1)-c1cccc3c1c-2cc1c2ccccc2c(-c2ccc4cc(-c5cc6c7cccc8c7c(cc6c6ccccc56)-c5ccccc5-8)ccc4c2)cc31. The molecule has 0 heteroatoms. The van der Waals surface area contributed by atoms with E-state index in [0.717, 1.165) is 0 Å². The van der Waals surface area contributed by atoms with Gasteiger partial charge < -0.3 is 0 Å². The number of benzene rings is 12. The lowest BCUT2D eigenvalue weighted by molar-refractivity contribution is 1.68. The van der Waals surface area contributed by atoms with E-state index in [9.17, 15) is 0 Å². The minimum absolute atomic E-state index is 1.24. The molecule has 0 N–H and O–H groups in total. The summed E-state index contributed by atoms with van der Waals surface area (Å²) >= 11 is 0. The van der Waals surface area contributed by atoms with E-state index in [4.69, 9.17) is 0 Å². The van der Waals surface area contributed by atoms with Crippen molar-refractivity contribution in [2.24, 2.45) is 0 Å². The molecule has 12 aromatic carbocycles. The molecule has 2 aliphatic rings. The van der Waals surface area contributed by atoms with Gasteiger partial charge in [-0.25, -0.2) is 0 Å². The Labute approximate surface area is 334 Å². The largest absolute Gasteiger partial charge is 0.0616 e. The van der Waals surface area contributed by atoms with Crippen molar-refractivity contribution in [3.8, 4) is 66.8 Å². The lowest BCUT2D eigenvalue weighted by atomic mass is 9.87. The Balaban J connectivity index is 0.955. The van der Waals surface area contributed by atoms with Crippen LogP contribution < -0.4 is 0 Å². The van der Waals surface area contributed by atoms with Gasteiger partial charge in [-0.05, 0) is 179 Å². The van der Waals surface area contributed by atoms with Crippen molar-refractivity contribution in [3.63, 3.8) is 0 Å². The molecule has 0 unspecified atom stereocenters. The van der Waals surface area contributed by atoms with Gasteiger partial charge in [-0.2, -0.15) is 0 Å². The molecule has 0 spiro atoms. The van der Waals surface area contributed by atoms with Gasteiger partial charge in [-0.15, -0.1) is 0 Å². The topological polar surface area (TPSA) is 0 Å². The van der Waals surface area contributed by atoms with E-state index in [1.807, 2.05) is 0 Å². The highest BCUT2D eigenvalue weighted by Crippen LogP contribution is 2.53. The van der Waals surface area contributed by atoms with E-state index < -0.39 is 0 Å². The van der Waals surface area contributed by atoms with E-state index >= 15 is 0 Å². The van der Waals surface area contributed by atoms with E-state index in [1.165, 1.54) is 142 Å². The van der Waals surface area contributed by atoms with Crippen molar-refractivity contribution in [1.29, 1.82) is 0 Å². The fourth-order valence-corrected chi connectivity index (χ4v) is 11.0. The molecular formula is C58H32. The second-order valence-corrected chi connectivity index (χ2v) is 16.3. The van der Waals surface area contributed by atoms with E-state index in [1.54, 1.807) is 0 Å². The summed E-state index contributed by atoms with van der Waals surface area (Å²) in [7, 11) is 0. The van der Waals surface area contributed by atoms with E-state index in [-0.39, 0.29) is 0 Å². The molecular weight excluding hydrogens is 697 g/mol. The van der Waals surface area contributed by atoms with Crippen molar-refractivity contribution in [3.05, 3.63) is 194 Å². The van der Waals surface area contributed by atoms with Crippen LogP contribution in [-0.2, 0) is 0 Å². The van der Waals surface area contributed by atoms with Crippen LogP contribution in [0.25, 0.3) is 142 Å². The molecule has 0 amide bonds. The number of hydrogen-bond acceptors (Lipinski definition) is 0. The van der Waals surface area contributed by atoms with Crippen LogP contribution >= 0.6 is 0 Å². The summed E-state index contributed by atoms with van der Waals surface area (Å²) in [6.07, 6.45) is 0. The predicted octanol–water partition coefficient (Wildman–Crippen LogP) is 16.4. The number of hydrogen-bond donors (Lipinski definition) is 0. The fraction of sp³-hybridized carbons (Fsp3) is 0. The summed E-state index contributed by atoms with van der Waals surface area (Å²) in [4.78, 5) is 0. The zero-order chi connectivity index (χ0) is 37.6. The van der Waals surface area contributed by atoms with Gasteiger partial charge >= 0.3 is 0 Å². The van der Waals surface area contributed by atoms with Crippen LogP contribution in [0.15, 0.2) is 194 Å². The summed E-state index contributed by atoms with van der Waals surface area (Å²) in [6, 6.07) is 73.3. The maximum absolute atomic E-state index is 2.46. The van der Waals surface area contributed by atoms with Crippen LogP contribution in [0.2, 0.25) is 0 Å². The van der Waals surface area contributed by atoms with Gasteiger partial charge in [0.15, 0.2) is 0 Å². The van der Waals surface area contributed by atoms with Crippen LogP contribution in [0.4, 0.5) is 0 Å². The van der Waals surface area contributed by atoms with Gasteiger partial charge in [0.2, 0.25) is 0 Å². The second kappa shape index (κ2) is 11.1. The molecule has 0 bridgehead atoms. The van der Waals surface area contributed by atoms with Crippen LogP contribution in [0.5, 0.6) is 0 Å². The van der Waals surface area contributed by atoms with Crippen LogP contribution in [0.1, 0.15) is 0 Å². The third kappa shape index (κ3) is 3.94. The monoisotopic (exact) mass is 728 g/mol. The summed E-state index contributed by atoms with van der Waals surface area (Å²) in [5.74, 6) is 0. The van der Waals surface area contributed by atoms with Crippen molar-refractivity contribution in [1.82, 2.24) is 0 Å². The first-order valence-electron chi connectivity index (χ1n) is 20.3. The third-order valence-electron chi connectivity index (χ3n) is 13.5. The molecule has 0 radical (unpaired) electrons. The molecule has 14 rings (SSSR count). The molecule has 58 heavy (non-hydrogen) atoms. The molecule has 0 saturated carbocycles. The van der Waals surface area contributed by atoms with Crippen molar-refractivity contribution in [2.45, 2.75) is 0 Å². The molecule has 0 aliphatic heterocycles. The highest BCUT2D eigenvalue weighted by atomic mass is 14.3. The Kier molecular flexibility index (Phi) is 5.85. The zero-order valence-electron chi connectivity index (χ0n) is 31.5. The molecule has 0 nitrogen and oxygen atoms in total. The van der Waals surface area contributed by atoms with Gasteiger partial charge in [0, 0.05) is 0 Å². The average molecular weight is 729 g/mol. The molecule has 12 aromatic rings. The first-order valence-corrected chi connectivity index (χ1v) is 20.3. The molecule has 0 fully saturated rings. The maximum Gasteiger partial charge on any atom is -0.00199 e. The molecule has 0 saturated heterocycles. The normalized spacial score (nSPS) is 12.5. The lowest BCUT2D eigenvalue weighted by Crippen LogP contribution is -1.89. The van der Waals surface area contributed by atoms with Crippen molar-refractivity contribution < 1.29 is 0 Å². The van der Waals surface area contributed by atoms with Crippen LogP contribution in [-0.4, -0.2) is 0 Å². The molecule has 264 valence electrons. The minimum atomic E-state index is 1.24. The van der Waals surface area contributed by atoms with Crippen molar-refractivity contribution >= 4 is 75.4 Å². The van der Waals surface area contributed by atoms with Gasteiger partial charge in [0.25, 0.3) is 0 Å². The summed E-state index contributed by atoms with van der Waals surface area (Å²) in [5, 5.41) is 18.3. The van der Waals surface area contributed by atoms with Gasteiger partial charge in [-0.3, -0.25) is 0 Å². The smallest absolute Gasteiger partial charge is 0.00199 e. The quantitative estimate of drug-likeness (QED) is 0.156. The van der Waals surface area contributed by atoms with E-state index in [0.29, 0.717) is 0 Å². The molecule has 0 atom stereocenters.